The molecule has 0 aromatic heterocycles. The van der Waals surface area contributed by atoms with E-state index in [-0.39, 0.29) is 18.0 Å². The van der Waals surface area contributed by atoms with Crippen molar-refractivity contribution in [2.45, 2.75) is 6.92 Å². The molecule has 0 spiro atoms. The van der Waals surface area contributed by atoms with Crippen LogP contribution >= 0.6 is 0 Å². The van der Waals surface area contributed by atoms with E-state index in [1.165, 1.54) is 24.8 Å². The van der Waals surface area contributed by atoms with Gasteiger partial charge in [-0.25, -0.2) is 18.6 Å². The third kappa shape index (κ3) is 4.08. The fraction of sp³-hybridized carbons (Fsp3) is 0.458. The Kier molecular flexibility index (Phi) is 6.28. The summed E-state index contributed by atoms with van der Waals surface area (Å²) in [5.74, 6) is -2.31. The predicted octanol–water partition coefficient (Wildman–Crippen LogP) is 2.73. The molecule has 0 saturated carbocycles. The van der Waals surface area contributed by atoms with Crippen LogP contribution in [0.5, 0.6) is 11.5 Å². The summed E-state index contributed by atoms with van der Waals surface area (Å²) in [5, 5.41) is 3.23. The Balaban J connectivity index is 1.45. The SMILES string of the molecule is CCN1C(=O)N(c2c(F)c(OC)cc(OC)c2F)CC2=CN3CC(CN4CCOCC4)=CC3=CN21. The van der Waals surface area contributed by atoms with Gasteiger partial charge in [0.1, 0.15) is 5.69 Å². The van der Waals surface area contributed by atoms with Gasteiger partial charge in [-0.05, 0) is 18.6 Å². The van der Waals surface area contributed by atoms with Crippen molar-refractivity contribution in [3.63, 3.8) is 0 Å². The van der Waals surface area contributed by atoms with Crippen LogP contribution in [0.25, 0.3) is 0 Å². The van der Waals surface area contributed by atoms with Gasteiger partial charge in [0.15, 0.2) is 23.1 Å². The Morgan fingerprint density at radius 2 is 1.71 bits per heavy atom. The number of anilines is 1. The number of allylic oxidation sites excluding steroid dienone is 1. The van der Waals surface area contributed by atoms with Crippen molar-refractivity contribution in [1.82, 2.24) is 19.8 Å². The number of amides is 2. The van der Waals surface area contributed by atoms with Crippen molar-refractivity contribution in [1.29, 1.82) is 0 Å². The van der Waals surface area contributed by atoms with Gasteiger partial charge in [-0.3, -0.25) is 14.8 Å². The van der Waals surface area contributed by atoms with Gasteiger partial charge in [-0.1, -0.05) is 0 Å². The number of nitrogens with zero attached hydrogens (tertiary/aromatic N) is 5. The van der Waals surface area contributed by atoms with E-state index < -0.39 is 23.4 Å². The third-order valence-corrected chi connectivity index (χ3v) is 6.59. The first-order valence-corrected chi connectivity index (χ1v) is 11.6. The molecule has 2 amide bonds. The van der Waals surface area contributed by atoms with E-state index in [0.29, 0.717) is 6.54 Å². The van der Waals surface area contributed by atoms with Gasteiger partial charge in [0.2, 0.25) is 0 Å². The van der Waals surface area contributed by atoms with Crippen LogP contribution in [0.4, 0.5) is 19.3 Å². The lowest BCUT2D eigenvalue weighted by Crippen LogP contribution is -2.58. The Bertz CT molecular complexity index is 1090. The van der Waals surface area contributed by atoms with Crippen LogP contribution in [0.3, 0.4) is 0 Å². The molecule has 9 nitrogen and oxygen atoms in total. The van der Waals surface area contributed by atoms with Crippen molar-refractivity contribution < 1.29 is 27.8 Å². The molecule has 35 heavy (non-hydrogen) atoms. The topological polar surface area (TPSA) is 61.0 Å². The molecule has 4 heterocycles. The maximum absolute atomic E-state index is 15.2. The second kappa shape index (κ2) is 9.38. The Morgan fingerprint density at radius 1 is 1.03 bits per heavy atom. The highest BCUT2D eigenvalue weighted by Gasteiger charge is 2.40. The lowest BCUT2D eigenvalue weighted by atomic mass is 10.2. The van der Waals surface area contributed by atoms with Gasteiger partial charge in [0, 0.05) is 45.0 Å². The molecular weight excluding hydrogens is 460 g/mol. The van der Waals surface area contributed by atoms with E-state index in [2.05, 4.69) is 15.9 Å². The average molecular weight is 490 g/mol. The van der Waals surface area contributed by atoms with Crippen molar-refractivity contribution in [2.75, 3.05) is 71.6 Å². The molecule has 11 heteroatoms. The molecule has 4 aliphatic heterocycles. The summed E-state index contributed by atoms with van der Waals surface area (Å²) in [4.78, 5) is 19.0. The zero-order chi connectivity index (χ0) is 24.7. The van der Waals surface area contributed by atoms with E-state index in [0.717, 1.165) is 61.8 Å². The molecule has 0 bridgehead atoms. The maximum Gasteiger partial charge on any atom is 0.344 e. The number of benzene rings is 1. The molecule has 0 unspecified atom stereocenters. The number of rotatable bonds is 6. The van der Waals surface area contributed by atoms with E-state index in [4.69, 9.17) is 14.2 Å². The highest BCUT2D eigenvalue weighted by atomic mass is 19.1. The first-order valence-electron chi connectivity index (χ1n) is 11.6. The van der Waals surface area contributed by atoms with Crippen LogP contribution in [0, 0.1) is 11.6 Å². The molecule has 0 N–H and O–H groups in total. The summed E-state index contributed by atoms with van der Waals surface area (Å²) >= 11 is 0. The van der Waals surface area contributed by atoms with Gasteiger partial charge in [0.05, 0.1) is 51.6 Å². The summed E-state index contributed by atoms with van der Waals surface area (Å²) in [7, 11) is 2.56. The van der Waals surface area contributed by atoms with Crippen LogP contribution < -0.4 is 14.4 Å². The Morgan fingerprint density at radius 3 is 2.34 bits per heavy atom. The lowest BCUT2D eigenvalue weighted by Gasteiger charge is -2.46. The minimum absolute atomic E-state index is 0.0153. The number of fused-ring (bicyclic) bond motifs is 2. The highest BCUT2D eigenvalue weighted by molar-refractivity contribution is 5.94. The fourth-order valence-corrected chi connectivity index (χ4v) is 4.84. The zero-order valence-corrected chi connectivity index (χ0v) is 20.1. The van der Waals surface area contributed by atoms with E-state index in [1.807, 2.05) is 19.3 Å². The normalized spacial score (nSPS) is 20.4. The van der Waals surface area contributed by atoms with Crippen molar-refractivity contribution >= 4 is 11.7 Å². The second-order valence-corrected chi connectivity index (χ2v) is 8.68. The summed E-state index contributed by atoms with van der Waals surface area (Å²) in [5.41, 5.74) is 2.46. The van der Waals surface area contributed by atoms with Crippen LogP contribution in [-0.2, 0) is 4.74 Å². The van der Waals surface area contributed by atoms with E-state index >= 15 is 8.78 Å². The standard InChI is InChI=1S/C24H29F2N5O4/c1-4-30-24(32)29(23-21(25)19(33-2)10-20(34-3)22(23)26)14-18-13-28-12-16(9-17(28)15-31(18)30)11-27-5-7-35-8-6-27/h9-10,13,15H,4-8,11-12,14H2,1-3H3. The largest absolute Gasteiger partial charge is 0.493 e. The number of hydrogen-bond acceptors (Lipinski definition) is 7. The number of ether oxygens (including phenoxy) is 3. The van der Waals surface area contributed by atoms with Crippen LogP contribution in [-0.4, -0.2) is 92.6 Å². The quantitative estimate of drug-likeness (QED) is 0.609. The summed E-state index contributed by atoms with van der Waals surface area (Å²) in [6, 6.07) is 0.589. The molecule has 1 aromatic rings. The number of hydrazine groups is 1. The second-order valence-electron chi connectivity index (χ2n) is 8.68. The van der Waals surface area contributed by atoms with Crippen LogP contribution in [0.2, 0.25) is 0 Å². The first-order chi connectivity index (χ1) is 16.9. The van der Waals surface area contributed by atoms with Gasteiger partial charge in [-0.15, -0.1) is 0 Å². The molecule has 0 radical (unpaired) electrons. The number of methoxy groups -OCH3 is 2. The van der Waals surface area contributed by atoms with Gasteiger partial charge in [0.25, 0.3) is 0 Å². The summed E-state index contributed by atoms with van der Waals surface area (Å²) in [6.07, 6.45) is 5.98. The number of morpholine rings is 1. The number of carbonyl (C=O) groups is 1. The minimum Gasteiger partial charge on any atom is -0.493 e. The van der Waals surface area contributed by atoms with Crippen molar-refractivity contribution in [3.05, 3.63) is 53.1 Å². The summed E-state index contributed by atoms with van der Waals surface area (Å²) < 4.78 is 46.1. The first kappa shape index (κ1) is 23.4. The van der Waals surface area contributed by atoms with Crippen LogP contribution in [0.15, 0.2) is 41.5 Å². The molecular formula is C24H29F2N5O4. The lowest BCUT2D eigenvalue weighted by molar-refractivity contribution is 0.0420. The molecule has 188 valence electrons. The van der Waals surface area contributed by atoms with Crippen molar-refractivity contribution in [2.24, 2.45) is 0 Å². The number of carbonyl (C=O) groups excluding carboxylic acids is 1. The predicted molar refractivity (Wildman–Crippen MR) is 125 cm³/mol. The van der Waals surface area contributed by atoms with E-state index in [1.54, 1.807) is 5.01 Å². The molecule has 0 atom stereocenters. The Hall–Kier alpha value is -3.31. The Labute approximate surface area is 203 Å². The van der Waals surface area contributed by atoms with E-state index in [9.17, 15) is 4.79 Å². The monoisotopic (exact) mass is 489 g/mol. The van der Waals surface area contributed by atoms with Gasteiger partial charge < -0.3 is 19.1 Å². The maximum atomic E-state index is 15.2. The van der Waals surface area contributed by atoms with Gasteiger partial charge >= 0.3 is 6.03 Å². The highest BCUT2D eigenvalue weighted by Crippen LogP contribution is 2.40. The third-order valence-electron chi connectivity index (χ3n) is 6.59. The minimum atomic E-state index is -0.952. The van der Waals surface area contributed by atoms with Crippen molar-refractivity contribution in [3.8, 4) is 11.5 Å². The molecule has 2 saturated heterocycles. The number of hydrogen-bond donors (Lipinski definition) is 0. The molecule has 2 fully saturated rings. The molecule has 4 aliphatic rings. The van der Waals surface area contributed by atoms with Crippen LogP contribution in [0.1, 0.15) is 6.92 Å². The smallest absolute Gasteiger partial charge is 0.344 e. The van der Waals surface area contributed by atoms with Gasteiger partial charge in [-0.2, -0.15) is 0 Å². The zero-order valence-electron chi connectivity index (χ0n) is 20.1. The average Bonchev–Trinajstić information content (AvgIpc) is 3.25. The summed E-state index contributed by atoms with van der Waals surface area (Å²) in [6.45, 7) is 6.96. The molecule has 1 aromatic carbocycles. The number of halogens is 2. The number of urea groups is 1. The fourth-order valence-electron chi connectivity index (χ4n) is 4.84. The molecule has 0 aliphatic carbocycles. The molecule has 5 rings (SSSR count).